The third-order valence-corrected chi connectivity index (χ3v) is 5.13. The summed E-state index contributed by atoms with van der Waals surface area (Å²) in [5.41, 5.74) is 2.64. The van der Waals surface area contributed by atoms with Crippen molar-refractivity contribution in [1.29, 1.82) is 0 Å². The van der Waals surface area contributed by atoms with Crippen LogP contribution in [0.25, 0.3) is 5.57 Å². The summed E-state index contributed by atoms with van der Waals surface area (Å²) in [4.78, 5) is 3.09. The van der Waals surface area contributed by atoms with Gasteiger partial charge in [-0.2, -0.15) is 0 Å². The zero-order valence-corrected chi connectivity index (χ0v) is 14.5. The summed E-state index contributed by atoms with van der Waals surface area (Å²) in [7, 11) is 4.17. The molecule has 5 heteroatoms. The van der Waals surface area contributed by atoms with E-state index in [4.69, 9.17) is 11.6 Å². The van der Waals surface area contributed by atoms with E-state index >= 15 is 0 Å². The van der Waals surface area contributed by atoms with Gasteiger partial charge >= 0.3 is 0 Å². The molecule has 0 amide bonds. The van der Waals surface area contributed by atoms with Crippen LogP contribution in [0, 0.1) is 11.6 Å². The highest BCUT2D eigenvalue weighted by Crippen LogP contribution is 2.46. The van der Waals surface area contributed by atoms with Crippen molar-refractivity contribution in [2.45, 2.75) is 16.2 Å². The molecule has 3 rings (SSSR count). The van der Waals surface area contributed by atoms with Crippen molar-refractivity contribution < 1.29 is 13.7 Å². The van der Waals surface area contributed by atoms with Crippen molar-refractivity contribution in [2.24, 2.45) is 0 Å². The van der Waals surface area contributed by atoms with E-state index in [0.717, 1.165) is 39.5 Å². The zero-order valence-electron chi connectivity index (χ0n) is 12.9. The molecule has 0 aromatic heterocycles. The Kier molecular flexibility index (Phi) is 4.76. The van der Waals surface area contributed by atoms with Crippen LogP contribution in [0.4, 0.5) is 8.78 Å². The predicted molar refractivity (Wildman–Crippen MR) is 91.3 cm³/mol. The van der Waals surface area contributed by atoms with E-state index in [1.54, 1.807) is 0 Å². The molecular formula is C18H17ClF2NS+. The molecule has 2 aromatic rings. The second-order valence-corrected chi connectivity index (χ2v) is 7.39. The van der Waals surface area contributed by atoms with E-state index in [0.29, 0.717) is 5.02 Å². The first kappa shape index (κ1) is 16.5. The van der Waals surface area contributed by atoms with E-state index in [1.165, 1.54) is 28.8 Å². The van der Waals surface area contributed by atoms with Gasteiger partial charge in [-0.3, -0.25) is 0 Å². The van der Waals surface area contributed by atoms with Gasteiger partial charge < -0.3 is 4.90 Å². The van der Waals surface area contributed by atoms with Crippen LogP contribution in [0.3, 0.4) is 0 Å². The maximum absolute atomic E-state index is 13.7. The topological polar surface area (TPSA) is 4.44 Å². The van der Waals surface area contributed by atoms with Crippen LogP contribution >= 0.6 is 23.4 Å². The Hall–Kier alpha value is -1.36. The van der Waals surface area contributed by atoms with E-state index in [1.807, 2.05) is 18.2 Å². The van der Waals surface area contributed by atoms with Gasteiger partial charge in [0.2, 0.25) is 0 Å². The lowest BCUT2D eigenvalue weighted by molar-refractivity contribution is -0.857. The molecule has 1 heterocycles. The minimum absolute atomic E-state index is 0.638. The molecule has 1 aliphatic heterocycles. The van der Waals surface area contributed by atoms with Crippen molar-refractivity contribution in [3.63, 3.8) is 0 Å². The fraction of sp³-hybridized carbons (Fsp3) is 0.222. The number of nitrogens with one attached hydrogen (secondary N) is 1. The molecule has 0 spiro atoms. The summed E-state index contributed by atoms with van der Waals surface area (Å²) >= 11 is 7.58. The molecule has 120 valence electrons. The Morgan fingerprint density at radius 3 is 2.48 bits per heavy atom. The largest absolute Gasteiger partial charge is 0.340 e. The van der Waals surface area contributed by atoms with Crippen LogP contribution in [0.5, 0.6) is 0 Å². The van der Waals surface area contributed by atoms with Crippen LogP contribution in [-0.4, -0.2) is 20.6 Å². The highest BCUT2D eigenvalue weighted by Gasteiger charge is 2.23. The first-order chi connectivity index (χ1) is 11.0. The van der Waals surface area contributed by atoms with Crippen molar-refractivity contribution in [3.8, 4) is 0 Å². The fourth-order valence-corrected chi connectivity index (χ4v) is 3.88. The average Bonchev–Trinajstić information content (AvgIpc) is 2.49. The normalized spacial score (nSPS) is 15.0. The van der Waals surface area contributed by atoms with Gasteiger partial charge in [0.25, 0.3) is 0 Å². The molecule has 0 saturated heterocycles. The van der Waals surface area contributed by atoms with E-state index < -0.39 is 11.6 Å². The SMILES string of the molecule is C[NH+](C)CCC=C1c2cc(Cl)ccc2Sc2cc(F)c(F)cc21. The molecule has 0 radical (unpaired) electrons. The van der Waals surface area contributed by atoms with Gasteiger partial charge in [0.1, 0.15) is 0 Å². The number of hydrogen-bond acceptors (Lipinski definition) is 1. The van der Waals surface area contributed by atoms with Gasteiger partial charge in [-0.25, -0.2) is 8.78 Å². The zero-order chi connectivity index (χ0) is 16.6. The molecule has 23 heavy (non-hydrogen) atoms. The molecule has 0 bridgehead atoms. The average molecular weight is 353 g/mol. The second kappa shape index (κ2) is 6.63. The highest BCUT2D eigenvalue weighted by atomic mass is 35.5. The van der Waals surface area contributed by atoms with Gasteiger partial charge in [-0.1, -0.05) is 29.4 Å². The summed E-state index contributed by atoms with van der Waals surface area (Å²) in [6, 6.07) is 8.20. The van der Waals surface area contributed by atoms with Gasteiger partial charge in [0.15, 0.2) is 11.6 Å². The van der Waals surface area contributed by atoms with Crippen molar-refractivity contribution in [1.82, 2.24) is 0 Å². The van der Waals surface area contributed by atoms with Gasteiger partial charge in [-0.05, 0) is 47.0 Å². The number of quaternary nitrogens is 1. The molecule has 0 aliphatic carbocycles. The van der Waals surface area contributed by atoms with Crippen LogP contribution < -0.4 is 4.90 Å². The van der Waals surface area contributed by atoms with Crippen LogP contribution in [0.15, 0.2) is 46.2 Å². The Balaban J connectivity index is 2.12. The molecule has 0 atom stereocenters. The third kappa shape index (κ3) is 3.44. The molecular weight excluding hydrogens is 336 g/mol. The monoisotopic (exact) mass is 352 g/mol. The summed E-state index contributed by atoms with van der Waals surface area (Å²) in [6.07, 6.45) is 2.95. The summed E-state index contributed by atoms with van der Waals surface area (Å²) in [5.74, 6) is -1.63. The molecule has 1 nitrogen and oxygen atoms in total. The molecule has 2 aromatic carbocycles. The highest BCUT2D eigenvalue weighted by molar-refractivity contribution is 7.99. The Morgan fingerprint density at radius 2 is 1.74 bits per heavy atom. The molecule has 1 aliphatic rings. The number of hydrogen-bond donors (Lipinski definition) is 1. The summed E-state index contributed by atoms with van der Waals surface area (Å²) in [5, 5.41) is 0.638. The minimum atomic E-state index is -0.820. The molecule has 0 saturated carbocycles. The maximum Gasteiger partial charge on any atom is 0.159 e. The first-order valence-corrected chi connectivity index (χ1v) is 8.61. The molecule has 0 fully saturated rings. The predicted octanol–water partition coefficient (Wildman–Crippen LogP) is 4.05. The standard InChI is InChI=1S/C18H16ClF2NS/c1-22(2)7-3-4-12-13-8-11(19)5-6-17(13)23-18-10-16(21)15(20)9-14(12)18/h4-6,8-10H,3,7H2,1-2H3/p+1. The smallest absolute Gasteiger partial charge is 0.159 e. The Labute approximate surface area is 143 Å². The van der Waals surface area contributed by atoms with E-state index in [2.05, 4.69) is 20.2 Å². The van der Waals surface area contributed by atoms with Crippen LogP contribution in [0.2, 0.25) is 5.02 Å². The lowest BCUT2D eigenvalue weighted by Crippen LogP contribution is -3.05. The lowest BCUT2D eigenvalue weighted by Gasteiger charge is -2.23. The van der Waals surface area contributed by atoms with Crippen molar-refractivity contribution >= 4 is 28.9 Å². The maximum atomic E-state index is 13.7. The summed E-state index contributed by atoms with van der Waals surface area (Å²) < 4.78 is 27.3. The third-order valence-electron chi connectivity index (χ3n) is 3.76. The van der Waals surface area contributed by atoms with Crippen molar-refractivity contribution in [2.75, 3.05) is 20.6 Å². The second-order valence-electron chi connectivity index (χ2n) is 5.87. The Morgan fingerprint density at radius 1 is 1.04 bits per heavy atom. The quantitative estimate of drug-likeness (QED) is 0.745. The molecule has 0 unspecified atom stereocenters. The van der Waals surface area contributed by atoms with E-state index in [9.17, 15) is 8.78 Å². The lowest BCUT2D eigenvalue weighted by atomic mass is 9.95. The van der Waals surface area contributed by atoms with Gasteiger partial charge in [0, 0.05) is 21.2 Å². The summed E-state index contributed by atoms with van der Waals surface area (Å²) in [6.45, 7) is 0.964. The number of halogens is 3. The Bertz CT molecular complexity index is 787. The first-order valence-electron chi connectivity index (χ1n) is 7.42. The van der Waals surface area contributed by atoms with Crippen LogP contribution in [0.1, 0.15) is 17.5 Å². The number of rotatable bonds is 3. The molecule has 1 N–H and O–H groups in total. The van der Waals surface area contributed by atoms with E-state index in [-0.39, 0.29) is 0 Å². The number of fused-ring (bicyclic) bond motifs is 2. The van der Waals surface area contributed by atoms with Gasteiger partial charge in [0.05, 0.1) is 20.6 Å². The van der Waals surface area contributed by atoms with Crippen LogP contribution in [-0.2, 0) is 0 Å². The van der Waals surface area contributed by atoms with Crippen molar-refractivity contribution in [3.05, 3.63) is 64.2 Å². The fourth-order valence-electron chi connectivity index (χ4n) is 2.61. The minimum Gasteiger partial charge on any atom is -0.340 e. The number of benzene rings is 2. The van der Waals surface area contributed by atoms with Gasteiger partial charge in [-0.15, -0.1) is 0 Å².